The van der Waals surface area contributed by atoms with Gasteiger partial charge in [0.15, 0.2) is 5.96 Å². The SMILES string of the molecule is CCNC(=NCC(C)c1cccs1)NCCNC(=O)OC(C)(C)C. The van der Waals surface area contributed by atoms with Gasteiger partial charge in [-0.3, -0.25) is 4.99 Å². The summed E-state index contributed by atoms with van der Waals surface area (Å²) in [6.45, 7) is 12.3. The minimum atomic E-state index is -0.480. The van der Waals surface area contributed by atoms with Crippen molar-refractivity contribution in [3.63, 3.8) is 0 Å². The maximum Gasteiger partial charge on any atom is 0.407 e. The molecule has 1 aromatic heterocycles. The molecule has 1 heterocycles. The third-order valence-corrected chi connectivity index (χ3v) is 4.09. The maximum atomic E-state index is 11.6. The van der Waals surface area contributed by atoms with Gasteiger partial charge < -0.3 is 20.7 Å². The minimum Gasteiger partial charge on any atom is -0.444 e. The zero-order chi connectivity index (χ0) is 18.0. The number of nitrogens with one attached hydrogen (secondary N) is 3. The number of rotatable bonds is 7. The van der Waals surface area contributed by atoms with Gasteiger partial charge >= 0.3 is 6.09 Å². The Kier molecular flexibility index (Phi) is 8.60. The summed E-state index contributed by atoms with van der Waals surface area (Å²) >= 11 is 1.75. The third-order valence-electron chi connectivity index (χ3n) is 2.98. The molecule has 0 spiro atoms. The van der Waals surface area contributed by atoms with Crippen molar-refractivity contribution in [1.29, 1.82) is 0 Å². The second kappa shape index (κ2) is 10.2. The summed E-state index contributed by atoms with van der Waals surface area (Å²) in [7, 11) is 0. The van der Waals surface area contributed by atoms with Gasteiger partial charge in [-0.05, 0) is 39.1 Å². The molecule has 0 aromatic carbocycles. The Labute approximate surface area is 149 Å². The molecule has 6 nitrogen and oxygen atoms in total. The van der Waals surface area contributed by atoms with Gasteiger partial charge in [0, 0.05) is 30.4 Å². The van der Waals surface area contributed by atoms with E-state index in [1.54, 1.807) is 11.3 Å². The molecule has 0 aliphatic heterocycles. The number of hydrogen-bond donors (Lipinski definition) is 3. The summed E-state index contributed by atoms with van der Waals surface area (Å²) in [5, 5.41) is 11.2. The summed E-state index contributed by atoms with van der Waals surface area (Å²) in [5.74, 6) is 1.15. The molecule has 0 fully saturated rings. The van der Waals surface area contributed by atoms with Crippen LogP contribution in [0, 0.1) is 0 Å². The average Bonchev–Trinajstić information content (AvgIpc) is 3.01. The van der Waals surface area contributed by atoms with Crippen LogP contribution >= 0.6 is 11.3 Å². The number of carbonyl (C=O) groups is 1. The third kappa shape index (κ3) is 8.76. The topological polar surface area (TPSA) is 74.8 Å². The number of guanidine groups is 1. The maximum absolute atomic E-state index is 11.6. The van der Waals surface area contributed by atoms with Crippen LogP contribution in [0.1, 0.15) is 45.4 Å². The molecule has 136 valence electrons. The largest absolute Gasteiger partial charge is 0.444 e. The molecule has 1 rings (SSSR count). The quantitative estimate of drug-likeness (QED) is 0.400. The summed E-state index contributed by atoms with van der Waals surface area (Å²) in [4.78, 5) is 17.5. The van der Waals surface area contributed by atoms with Gasteiger partial charge in [0.25, 0.3) is 0 Å². The van der Waals surface area contributed by atoms with Crippen molar-refractivity contribution >= 4 is 23.4 Å². The highest BCUT2D eigenvalue weighted by atomic mass is 32.1. The zero-order valence-electron chi connectivity index (χ0n) is 15.3. The van der Waals surface area contributed by atoms with Gasteiger partial charge in [-0.1, -0.05) is 13.0 Å². The number of thiophene rings is 1. The van der Waals surface area contributed by atoms with Crippen LogP contribution in [0.15, 0.2) is 22.5 Å². The molecule has 24 heavy (non-hydrogen) atoms. The molecule has 1 atom stereocenters. The Balaban J connectivity index is 2.35. The van der Waals surface area contributed by atoms with Crippen LogP contribution < -0.4 is 16.0 Å². The predicted molar refractivity (Wildman–Crippen MR) is 101 cm³/mol. The van der Waals surface area contributed by atoms with E-state index in [2.05, 4.69) is 45.4 Å². The van der Waals surface area contributed by atoms with E-state index >= 15 is 0 Å². The van der Waals surface area contributed by atoms with Crippen molar-refractivity contribution in [1.82, 2.24) is 16.0 Å². The molecule has 7 heteroatoms. The Morgan fingerprint density at radius 2 is 2.00 bits per heavy atom. The van der Waals surface area contributed by atoms with Gasteiger partial charge in [-0.2, -0.15) is 0 Å². The van der Waals surface area contributed by atoms with Gasteiger partial charge in [-0.15, -0.1) is 11.3 Å². The van der Waals surface area contributed by atoms with Crippen LogP contribution in [0.4, 0.5) is 4.79 Å². The molecule has 0 aliphatic carbocycles. The average molecular weight is 355 g/mol. The van der Waals surface area contributed by atoms with Gasteiger partial charge in [0.05, 0.1) is 6.54 Å². The number of alkyl carbamates (subject to hydrolysis) is 1. The zero-order valence-corrected chi connectivity index (χ0v) is 16.1. The van der Waals surface area contributed by atoms with Gasteiger partial charge in [0.1, 0.15) is 5.60 Å². The Hall–Kier alpha value is -1.76. The van der Waals surface area contributed by atoms with Crippen molar-refractivity contribution in [2.24, 2.45) is 4.99 Å². The van der Waals surface area contributed by atoms with E-state index in [1.807, 2.05) is 27.7 Å². The number of aliphatic imine (C=N–C) groups is 1. The van der Waals surface area contributed by atoms with E-state index in [9.17, 15) is 4.79 Å². The lowest BCUT2D eigenvalue weighted by atomic mass is 10.1. The molecule has 0 bridgehead atoms. The number of ether oxygens (including phenoxy) is 1. The molecular formula is C17H30N4O2S. The lowest BCUT2D eigenvalue weighted by molar-refractivity contribution is 0.0529. The lowest BCUT2D eigenvalue weighted by Crippen LogP contribution is -2.42. The number of nitrogens with zero attached hydrogens (tertiary/aromatic N) is 1. The fourth-order valence-corrected chi connectivity index (χ4v) is 2.67. The highest BCUT2D eigenvalue weighted by molar-refractivity contribution is 7.10. The normalized spacial score (nSPS) is 13.3. The van der Waals surface area contributed by atoms with E-state index < -0.39 is 11.7 Å². The Morgan fingerprint density at radius 1 is 1.29 bits per heavy atom. The first-order valence-corrected chi connectivity index (χ1v) is 9.22. The van der Waals surface area contributed by atoms with E-state index in [4.69, 9.17) is 4.74 Å². The van der Waals surface area contributed by atoms with Crippen LogP contribution in [-0.2, 0) is 4.74 Å². The molecule has 1 unspecified atom stereocenters. The van der Waals surface area contributed by atoms with Gasteiger partial charge in [-0.25, -0.2) is 4.79 Å². The first-order chi connectivity index (χ1) is 11.3. The number of hydrogen-bond acceptors (Lipinski definition) is 4. The smallest absolute Gasteiger partial charge is 0.407 e. The Bertz CT molecular complexity index is 509. The molecular weight excluding hydrogens is 324 g/mol. The van der Waals surface area contributed by atoms with Crippen molar-refractivity contribution < 1.29 is 9.53 Å². The first-order valence-electron chi connectivity index (χ1n) is 8.34. The summed E-state index contributed by atoms with van der Waals surface area (Å²) in [6, 6.07) is 4.20. The van der Waals surface area contributed by atoms with E-state index in [0.29, 0.717) is 19.0 Å². The van der Waals surface area contributed by atoms with E-state index in [0.717, 1.165) is 19.0 Å². The van der Waals surface area contributed by atoms with Crippen LogP contribution in [0.25, 0.3) is 0 Å². The van der Waals surface area contributed by atoms with Gasteiger partial charge in [0.2, 0.25) is 0 Å². The highest BCUT2D eigenvalue weighted by Crippen LogP contribution is 2.20. The monoisotopic (exact) mass is 354 g/mol. The lowest BCUT2D eigenvalue weighted by Gasteiger charge is -2.20. The molecule has 1 aromatic rings. The second-order valence-electron chi connectivity index (χ2n) is 6.49. The molecule has 0 saturated heterocycles. The molecule has 0 aliphatic rings. The predicted octanol–water partition coefficient (Wildman–Crippen LogP) is 2.93. The first kappa shape index (κ1) is 20.3. The van der Waals surface area contributed by atoms with Crippen molar-refractivity contribution in [3.05, 3.63) is 22.4 Å². The standard InChI is InChI=1S/C17H30N4O2S/c1-6-18-15(21-12-13(2)14-8-7-11-24-14)19-9-10-20-16(22)23-17(3,4)5/h7-8,11,13H,6,9-10,12H2,1-5H3,(H,20,22)(H2,18,19,21). The molecule has 0 saturated carbocycles. The van der Waals surface area contributed by atoms with Crippen LogP contribution in [0.2, 0.25) is 0 Å². The highest BCUT2D eigenvalue weighted by Gasteiger charge is 2.15. The molecule has 1 amide bonds. The van der Waals surface area contributed by atoms with Crippen molar-refractivity contribution in [3.8, 4) is 0 Å². The summed E-state index contributed by atoms with van der Waals surface area (Å²) in [5.41, 5.74) is -0.480. The fourth-order valence-electron chi connectivity index (χ4n) is 1.89. The van der Waals surface area contributed by atoms with Crippen LogP contribution in [0.3, 0.4) is 0 Å². The second-order valence-corrected chi connectivity index (χ2v) is 7.47. The summed E-state index contributed by atoms with van der Waals surface area (Å²) < 4.78 is 5.19. The van der Waals surface area contributed by atoms with Crippen molar-refractivity contribution in [2.45, 2.75) is 46.1 Å². The number of carbonyl (C=O) groups excluding carboxylic acids is 1. The van der Waals surface area contributed by atoms with Crippen LogP contribution in [0.5, 0.6) is 0 Å². The Morgan fingerprint density at radius 3 is 2.58 bits per heavy atom. The fraction of sp³-hybridized carbons (Fsp3) is 0.647. The van der Waals surface area contributed by atoms with E-state index in [1.165, 1.54) is 4.88 Å². The number of amides is 1. The van der Waals surface area contributed by atoms with E-state index in [-0.39, 0.29) is 0 Å². The molecule has 3 N–H and O–H groups in total. The summed E-state index contributed by atoms with van der Waals surface area (Å²) in [6.07, 6.45) is -0.405. The van der Waals surface area contributed by atoms with Crippen LogP contribution in [-0.4, -0.2) is 43.8 Å². The van der Waals surface area contributed by atoms with Crippen molar-refractivity contribution in [2.75, 3.05) is 26.2 Å². The minimum absolute atomic E-state index is 0.389. The molecule has 0 radical (unpaired) electrons.